The van der Waals surface area contributed by atoms with E-state index in [-0.39, 0.29) is 0 Å². The Bertz CT molecular complexity index is 75.8. The molecule has 0 bridgehead atoms. The normalized spacial score (nSPS) is 17.9. The van der Waals surface area contributed by atoms with Crippen molar-refractivity contribution in [3.05, 3.63) is 12.2 Å². The first-order chi connectivity index (χ1) is 3.43. The topological polar surface area (TPSA) is 44.3 Å². The highest BCUT2D eigenvalue weighted by Gasteiger charge is 2.06. The van der Waals surface area contributed by atoms with Crippen molar-refractivity contribution in [2.45, 2.75) is 6.04 Å². The maximum absolute atomic E-state index is 8.00. The molecule has 0 heterocycles. The molecule has 0 aromatic rings. The molecule has 0 spiro atoms. The molecule has 0 unspecified atom stereocenters. The molecule has 0 amide bonds. The molecule has 0 atom stereocenters. The average Bonchev–Trinajstić information content (AvgIpc) is 2.42. The molecule has 1 aliphatic rings. The molecule has 40 valence electrons. The van der Waals surface area contributed by atoms with Crippen molar-refractivity contribution in [1.82, 2.24) is 10.8 Å². The Kier molecular flexibility index (Phi) is 1.41. The van der Waals surface area contributed by atoms with Crippen LogP contribution in [0.4, 0.5) is 0 Å². The summed E-state index contributed by atoms with van der Waals surface area (Å²) >= 11 is 0. The minimum atomic E-state index is 0.430. The molecule has 0 radical (unpaired) electrons. The Morgan fingerprint density at radius 2 is 2.29 bits per heavy atom. The molecule has 1 aliphatic carbocycles. The number of rotatable bonds is 3. The van der Waals surface area contributed by atoms with Crippen molar-refractivity contribution in [2.24, 2.45) is 0 Å². The van der Waals surface area contributed by atoms with Gasteiger partial charge >= 0.3 is 0 Å². The maximum Gasteiger partial charge on any atom is 0.0705 e. The first-order valence-corrected chi connectivity index (χ1v) is 2.22. The minimum absolute atomic E-state index is 0.430. The van der Waals surface area contributed by atoms with E-state index in [0.717, 1.165) is 0 Å². The highest BCUT2D eigenvalue weighted by molar-refractivity contribution is 5.19. The van der Waals surface area contributed by atoms with Crippen LogP contribution in [0.1, 0.15) is 0 Å². The van der Waals surface area contributed by atoms with Gasteiger partial charge in [0.05, 0.1) is 6.67 Å². The minimum Gasteiger partial charge on any atom is -0.316 e. The van der Waals surface area contributed by atoms with E-state index in [1.165, 1.54) is 0 Å². The maximum atomic E-state index is 8.00. The van der Waals surface area contributed by atoms with Crippen LogP contribution in [0.3, 0.4) is 0 Å². The summed E-state index contributed by atoms with van der Waals surface area (Å²) < 4.78 is 0. The lowest BCUT2D eigenvalue weighted by molar-refractivity contribution is 0.158. The van der Waals surface area contributed by atoms with E-state index in [4.69, 9.17) is 5.21 Å². The smallest absolute Gasteiger partial charge is 0.0705 e. The highest BCUT2D eigenvalue weighted by Crippen LogP contribution is 2.01. The summed E-state index contributed by atoms with van der Waals surface area (Å²) in [4.78, 5) is 0. The van der Waals surface area contributed by atoms with Gasteiger partial charge in [-0.1, -0.05) is 12.2 Å². The average molecular weight is 100 g/mol. The van der Waals surface area contributed by atoms with Gasteiger partial charge in [0, 0.05) is 6.04 Å². The summed E-state index contributed by atoms with van der Waals surface area (Å²) in [5.74, 6) is 0. The fourth-order valence-electron chi connectivity index (χ4n) is 0.355. The molecule has 3 heteroatoms. The SMILES string of the molecule is ONCNC1C=C1. The van der Waals surface area contributed by atoms with Crippen LogP contribution in [0.5, 0.6) is 0 Å². The lowest BCUT2D eigenvalue weighted by Crippen LogP contribution is -2.28. The van der Waals surface area contributed by atoms with Crippen LogP contribution in [-0.4, -0.2) is 17.9 Å². The number of hydroxylamine groups is 1. The summed E-state index contributed by atoms with van der Waals surface area (Å²) in [5.41, 5.74) is 1.99. The van der Waals surface area contributed by atoms with Gasteiger partial charge in [0.1, 0.15) is 0 Å². The Morgan fingerprint density at radius 1 is 1.57 bits per heavy atom. The Balaban J connectivity index is 1.81. The first kappa shape index (κ1) is 4.77. The fraction of sp³-hybridized carbons (Fsp3) is 0.500. The quantitative estimate of drug-likeness (QED) is 0.253. The zero-order valence-electron chi connectivity index (χ0n) is 3.89. The molecule has 1 rings (SSSR count). The second-order valence-electron chi connectivity index (χ2n) is 1.45. The van der Waals surface area contributed by atoms with Gasteiger partial charge < -0.3 is 5.21 Å². The van der Waals surface area contributed by atoms with Crippen molar-refractivity contribution in [3.63, 3.8) is 0 Å². The largest absolute Gasteiger partial charge is 0.316 e. The predicted molar refractivity (Wildman–Crippen MR) is 25.9 cm³/mol. The lowest BCUT2D eigenvalue weighted by atomic mass is 10.6. The predicted octanol–water partition coefficient (Wildman–Crippen LogP) is -0.549. The first-order valence-electron chi connectivity index (χ1n) is 2.22. The van der Waals surface area contributed by atoms with E-state index in [2.05, 4.69) is 5.32 Å². The van der Waals surface area contributed by atoms with Gasteiger partial charge in [-0.3, -0.25) is 5.32 Å². The second kappa shape index (κ2) is 2.07. The summed E-state index contributed by atoms with van der Waals surface area (Å²) in [5, 5.41) is 10.9. The zero-order chi connectivity index (χ0) is 5.11. The highest BCUT2D eigenvalue weighted by atomic mass is 16.5. The van der Waals surface area contributed by atoms with Crippen LogP contribution >= 0.6 is 0 Å². The molecule has 0 aromatic carbocycles. The third-order valence-corrected chi connectivity index (χ3v) is 0.802. The Hall–Kier alpha value is -0.380. The van der Waals surface area contributed by atoms with Crippen molar-refractivity contribution < 1.29 is 5.21 Å². The van der Waals surface area contributed by atoms with E-state index >= 15 is 0 Å². The van der Waals surface area contributed by atoms with Gasteiger partial charge in [0.2, 0.25) is 0 Å². The Labute approximate surface area is 42.0 Å². The molecule has 3 nitrogen and oxygen atoms in total. The zero-order valence-corrected chi connectivity index (χ0v) is 3.89. The van der Waals surface area contributed by atoms with Gasteiger partial charge in [0.25, 0.3) is 0 Å². The molecule has 7 heavy (non-hydrogen) atoms. The molecular weight excluding hydrogens is 92.1 g/mol. The molecule has 0 aromatic heterocycles. The van der Waals surface area contributed by atoms with E-state index in [9.17, 15) is 0 Å². The van der Waals surface area contributed by atoms with Crippen LogP contribution in [0, 0.1) is 0 Å². The van der Waals surface area contributed by atoms with Crippen LogP contribution in [0.25, 0.3) is 0 Å². The van der Waals surface area contributed by atoms with Gasteiger partial charge in [-0.05, 0) is 0 Å². The second-order valence-corrected chi connectivity index (χ2v) is 1.45. The van der Waals surface area contributed by atoms with E-state index in [1.54, 1.807) is 0 Å². The lowest BCUT2D eigenvalue weighted by Gasteiger charge is -1.96. The molecule has 0 saturated carbocycles. The van der Waals surface area contributed by atoms with Gasteiger partial charge in [-0.15, -0.1) is 0 Å². The number of nitrogens with one attached hydrogen (secondary N) is 2. The Morgan fingerprint density at radius 3 is 2.71 bits per heavy atom. The van der Waals surface area contributed by atoms with Crippen molar-refractivity contribution in [1.29, 1.82) is 0 Å². The van der Waals surface area contributed by atoms with Gasteiger partial charge in [-0.2, -0.15) is 5.48 Å². The summed E-state index contributed by atoms with van der Waals surface area (Å²) in [6, 6.07) is 0.430. The van der Waals surface area contributed by atoms with Crippen LogP contribution in [0.2, 0.25) is 0 Å². The van der Waals surface area contributed by atoms with Crippen molar-refractivity contribution >= 4 is 0 Å². The van der Waals surface area contributed by atoms with Gasteiger partial charge in [-0.25, -0.2) is 0 Å². The number of hydrogen-bond donors (Lipinski definition) is 3. The van der Waals surface area contributed by atoms with E-state index in [0.29, 0.717) is 12.7 Å². The molecule has 0 saturated heterocycles. The monoisotopic (exact) mass is 100 g/mol. The van der Waals surface area contributed by atoms with Crippen LogP contribution in [-0.2, 0) is 0 Å². The van der Waals surface area contributed by atoms with Crippen molar-refractivity contribution in [3.8, 4) is 0 Å². The molecule has 0 aliphatic heterocycles. The third kappa shape index (κ3) is 1.68. The van der Waals surface area contributed by atoms with Crippen LogP contribution in [0.15, 0.2) is 12.2 Å². The number of hydrogen-bond acceptors (Lipinski definition) is 3. The van der Waals surface area contributed by atoms with E-state index in [1.807, 2.05) is 17.6 Å². The molecular formula is C4H8N2O. The molecule has 0 fully saturated rings. The standard InChI is InChI=1S/C4H8N2O/c7-6-3-5-4-1-2-4/h1-2,4-7H,3H2. The summed E-state index contributed by atoms with van der Waals surface area (Å²) in [6.45, 7) is 0.456. The van der Waals surface area contributed by atoms with Crippen LogP contribution < -0.4 is 10.8 Å². The van der Waals surface area contributed by atoms with Gasteiger partial charge in [0.15, 0.2) is 0 Å². The van der Waals surface area contributed by atoms with Crippen molar-refractivity contribution in [2.75, 3.05) is 6.67 Å². The van der Waals surface area contributed by atoms with E-state index < -0.39 is 0 Å². The summed E-state index contributed by atoms with van der Waals surface area (Å²) in [7, 11) is 0. The molecule has 3 N–H and O–H groups in total. The third-order valence-electron chi connectivity index (χ3n) is 0.802. The fourth-order valence-corrected chi connectivity index (χ4v) is 0.355. The summed E-state index contributed by atoms with van der Waals surface area (Å²) in [6.07, 6.45) is 4.02.